The number of carbonyl (C=O) groups excluding carboxylic acids is 3. The SMILES string of the molecule is CCCCCCN1C(=O)[C@H]2[C@@H](C(=O)Nc3ccc(OCC)cc3)[C@H]3C=C[C@@]2(O3)[C@H]1C(=O)NC1CCCCC1. The Labute approximate surface area is 225 Å². The van der Waals surface area contributed by atoms with E-state index in [2.05, 4.69) is 17.6 Å². The molecule has 2 saturated heterocycles. The summed E-state index contributed by atoms with van der Waals surface area (Å²) in [6, 6.07) is 6.57. The van der Waals surface area contributed by atoms with Gasteiger partial charge in [-0.25, -0.2) is 0 Å². The van der Waals surface area contributed by atoms with Crippen molar-refractivity contribution in [2.24, 2.45) is 11.8 Å². The quantitative estimate of drug-likeness (QED) is 0.335. The van der Waals surface area contributed by atoms with Gasteiger partial charge < -0.3 is 25.0 Å². The predicted octanol–water partition coefficient (Wildman–Crippen LogP) is 4.20. The highest BCUT2D eigenvalue weighted by Crippen LogP contribution is 2.55. The lowest BCUT2D eigenvalue weighted by Gasteiger charge is -2.34. The van der Waals surface area contributed by atoms with Crippen LogP contribution in [0.3, 0.4) is 0 Å². The maximum absolute atomic E-state index is 14.0. The minimum Gasteiger partial charge on any atom is -0.494 e. The van der Waals surface area contributed by atoms with Crippen molar-refractivity contribution in [3.63, 3.8) is 0 Å². The summed E-state index contributed by atoms with van der Waals surface area (Å²) < 4.78 is 11.9. The topological polar surface area (TPSA) is 97.0 Å². The second-order valence-corrected chi connectivity index (χ2v) is 11.1. The van der Waals surface area contributed by atoms with Gasteiger partial charge in [-0.15, -0.1) is 0 Å². The van der Waals surface area contributed by atoms with E-state index in [9.17, 15) is 14.4 Å². The Balaban J connectivity index is 1.37. The highest BCUT2D eigenvalue weighted by atomic mass is 16.5. The molecule has 1 spiro atoms. The van der Waals surface area contributed by atoms with E-state index in [-0.39, 0.29) is 23.8 Å². The van der Waals surface area contributed by atoms with Gasteiger partial charge in [0.1, 0.15) is 17.4 Å². The summed E-state index contributed by atoms with van der Waals surface area (Å²) in [7, 11) is 0. The predicted molar refractivity (Wildman–Crippen MR) is 145 cm³/mol. The number of hydrogen-bond donors (Lipinski definition) is 2. The molecule has 1 saturated carbocycles. The number of rotatable bonds is 11. The molecule has 3 aliphatic heterocycles. The number of anilines is 1. The van der Waals surface area contributed by atoms with Gasteiger partial charge in [0, 0.05) is 18.3 Å². The summed E-state index contributed by atoms with van der Waals surface area (Å²) in [6.45, 7) is 5.13. The Morgan fingerprint density at radius 2 is 1.82 bits per heavy atom. The van der Waals surface area contributed by atoms with Gasteiger partial charge in [-0.2, -0.15) is 0 Å². The first-order valence-electron chi connectivity index (χ1n) is 14.5. The summed E-state index contributed by atoms with van der Waals surface area (Å²) >= 11 is 0. The molecular formula is C30H41N3O5. The Kier molecular flexibility index (Phi) is 8.07. The van der Waals surface area contributed by atoms with E-state index in [1.807, 2.05) is 31.2 Å². The molecule has 206 valence electrons. The highest BCUT2D eigenvalue weighted by Gasteiger charge is 2.72. The van der Waals surface area contributed by atoms with Gasteiger partial charge in [0.2, 0.25) is 17.7 Å². The standard InChI is InChI=1S/C30H41N3O5/c1-3-5-6-10-19-33-26(28(35)32-20-11-8-7-9-12-20)30-18-17-23(38-30)24(25(30)29(33)36)27(34)31-21-13-15-22(16-14-21)37-4-2/h13-18,20,23-26H,3-12,19H2,1-2H3,(H,31,34)(H,32,35)/t23-,24+,25-,26-,30+/m1/s1. The maximum atomic E-state index is 14.0. The van der Waals surface area contributed by atoms with E-state index in [0.717, 1.165) is 57.1 Å². The number of ether oxygens (including phenoxy) is 2. The highest BCUT2D eigenvalue weighted by molar-refractivity contribution is 6.02. The van der Waals surface area contributed by atoms with Crippen LogP contribution < -0.4 is 15.4 Å². The molecule has 8 heteroatoms. The van der Waals surface area contributed by atoms with Crippen LogP contribution >= 0.6 is 0 Å². The third kappa shape index (κ3) is 4.95. The van der Waals surface area contributed by atoms with Crippen LogP contribution in [-0.4, -0.2) is 59.6 Å². The average molecular weight is 524 g/mol. The fourth-order valence-corrected chi connectivity index (χ4v) is 6.77. The number of nitrogens with zero attached hydrogens (tertiary/aromatic N) is 1. The Morgan fingerprint density at radius 1 is 1.05 bits per heavy atom. The molecule has 38 heavy (non-hydrogen) atoms. The van der Waals surface area contributed by atoms with Crippen LogP contribution in [0.25, 0.3) is 0 Å². The molecule has 5 rings (SSSR count). The molecule has 2 N–H and O–H groups in total. The second-order valence-electron chi connectivity index (χ2n) is 11.1. The molecule has 3 heterocycles. The normalized spacial score (nSPS) is 29.9. The summed E-state index contributed by atoms with van der Waals surface area (Å²) in [5.74, 6) is -1.24. The minimum absolute atomic E-state index is 0.130. The summed E-state index contributed by atoms with van der Waals surface area (Å²) in [4.78, 5) is 43.0. The van der Waals surface area contributed by atoms with Crippen molar-refractivity contribution in [2.75, 3.05) is 18.5 Å². The Hall–Kier alpha value is -2.87. The first-order valence-corrected chi connectivity index (χ1v) is 14.5. The van der Waals surface area contributed by atoms with Crippen molar-refractivity contribution >= 4 is 23.4 Å². The van der Waals surface area contributed by atoms with Gasteiger partial charge in [0.25, 0.3) is 0 Å². The van der Waals surface area contributed by atoms with Crippen LogP contribution in [0.4, 0.5) is 5.69 Å². The molecule has 4 aliphatic rings. The fourth-order valence-electron chi connectivity index (χ4n) is 6.77. The van der Waals surface area contributed by atoms with Crippen LogP contribution in [0, 0.1) is 11.8 Å². The zero-order valence-electron chi connectivity index (χ0n) is 22.6. The van der Waals surface area contributed by atoms with Gasteiger partial charge in [-0.1, -0.05) is 57.6 Å². The molecule has 3 fully saturated rings. The number of hydrogen-bond acceptors (Lipinski definition) is 5. The van der Waals surface area contributed by atoms with Crippen molar-refractivity contribution in [1.82, 2.24) is 10.2 Å². The van der Waals surface area contributed by atoms with Crippen LogP contribution in [0.15, 0.2) is 36.4 Å². The average Bonchev–Trinajstić information content (AvgIpc) is 3.56. The van der Waals surface area contributed by atoms with Crippen LogP contribution in [0.1, 0.15) is 71.6 Å². The molecule has 5 atom stereocenters. The number of amides is 3. The van der Waals surface area contributed by atoms with Crippen molar-refractivity contribution in [3.8, 4) is 5.75 Å². The van der Waals surface area contributed by atoms with Crippen molar-refractivity contribution in [3.05, 3.63) is 36.4 Å². The molecule has 1 aromatic carbocycles. The third-order valence-corrected chi connectivity index (χ3v) is 8.56. The van der Waals surface area contributed by atoms with E-state index in [4.69, 9.17) is 9.47 Å². The second kappa shape index (κ2) is 11.5. The Morgan fingerprint density at radius 3 is 2.53 bits per heavy atom. The smallest absolute Gasteiger partial charge is 0.246 e. The van der Waals surface area contributed by atoms with E-state index < -0.39 is 29.6 Å². The Bertz CT molecular complexity index is 1050. The number of likely N-dealkylation sites (tertiary alicyclic amines) is 1. The monoisotopic (exact) mass is 523 g/mol. The minimum atomic E-state index is -1.11. The largest absolute Gasteiger partial charge is 0.494 e. The van der Waals surface area contributed by atoms with Gasteiger partial charge >= 0.3 is 0 Å². The molecule has 2 bridgehead atoms. The van der Waals surface area contributed by atoms with E-state index in [0.29, 0.717) is 18.8 Å². The van der Waals surface area contributed by atoms with E-state index in [1.54, 1.807) is 17.0 Å². The zero-order valence-corrected chi connectivity index (χ0v) is 22.6. The number of unbranched alkanes of at least 4 members (excludes halogenated alkanes) is 3. The van der Waals surface area contributed by atoms with Crippen LogP contribution in [0.2, 0.25) is 0 Å². The lowest BCUT2D eigenvalue weighted by atomic mass is 9.74. The van der Waals surface area contributed by atoms with Gasteiger partial charge in [-0.3, -0.25) is 14.4 Å². The molecular weight excluding hydrogens is 482 g/mol. The number of benzene rings is 1. The van der Waals surface area contributed by atoms with Crippen molar-refractivity contribution in [2.45, 2.75) is 95.4 Å². The molecule has 3 amide bonds. The molecule has 1 aromatic rings. The lowest BCUT2D eigenvalue weighted by molar-refractivity contribution is -0.141. The maximum Gasteiger partial charge on any atom is 0.246 e. The van der Waals surface area contributed by atoms with Gasteiger partial charge in [0.05, 0.1) is 24.5 Å². The molecule has 0 radical (unpaired) electrons. The van der Waals surface area contributed by atoms with Gasteiger partial charge in [-0.05, 0) is 50.5 Å². The van der Waals surface area contributed by atoms with E-state index >= 15 is 0 Å². The van der Waals surface area contributed by atoms with Crippen molar-refractivity contribution in [1.29, 1.82) is 0 Å². The van der Waals surface area contributed by atoms with Crippen molar-refractivity contribution < 1.29 is 23.9 Å². The number of carbonyl (C=O) groups is 3. The summed E-state index contributed by atoms with van der Waals surface area (Å²) in [5.41, 5.74) is -0.473. The lowest BCUT2D eigenvalue weighted by Crippen LogP contribution is -2.56. The number of fused-ring (bicyclic) bond motifs is 1. The third-order valence-electron chi connectivity index (χ3n) is 8.56. The fraction of sp³-hybridized carbons (Fsp3) is 0.633. The molecule has 8 nitrogen and oxygen atoms in total. The summed E-state index contributed by atoms with van der Waals surface area (Å²) in [5, 5.41) is 6.22. The van der Waals surface area contributed by atoms with E-state index in [1.165, 1.54) is 6.42 Å². The molecule has 0 unspecified atom stereocenters. The first kappa shape index (κ1) is 26.7. The van der Waals surface area contributed by atoms with Crippen LogP contribution in [-0.2, 0) is 19.1 Å². The number of nitrogens with one attached hydrogen (secondary N) is 2. The van der Waals surface area contributed by atoms with Gasteiger partial charge in [0.15, 0.2) is 0 Å². The molecule has 1 aliphatic carbocycles. The summed E-state index contributed by atoms with van der Waals surface area (Å²) in [6.07, 6.45) is 12.6. The zero-order chi connectivity index (χ0) is 26.7. The van der Waals surface area contributed by atoms with Crippen LogP contribution in [0.5, 0.6) is 5.75 Å². The first-order chi connectivity index (χ1) is 18.5. The molecule has 0 aromatic heterocycles.